The first-order valence-electron chi connectivity index (χ1n) is 8.52. The molecule has 0 unspecified atom stereocenters. The van der Waals surface area contributed by atoms with Crippen LogP contribution in [-0.4, -0.2) is 22.8 Å². The summed E-state index contributed by atoms with van der Waals surface area (Å²) < 4.78 is 0. The van der Waals surface area contributed by atoms with Crippen molar-refractivity contribution in [1.82, 2.24) is 0 Å². The number of allylic oxidation sites excluding steroid dienone is 4. The molecule has 0 aromatic rings. The van der Waals surface area contributed by atoms with Gasteiger partial charge in [0.15, 0.2) is 5.78 Å². The molecule has 118 valence electrons. The summed E-state index contributed by atoms with van der Waals surface area (Å²) in [6.45, 7) is 4.24. The molecule has 0 heterocycles. The molecule has 6 atom stereocenters. The van der Waals surface area contributed by atoms with E-state index in [0.717, 1.165) is 19.3 Å². The Kier molecular flexibility index (Phi) is 2.88. The summed E-state index contributed by atoms with van der Waals surface area (Å²) in [6, 6.07) is 0. The first-order valence-corrected chi connectivity index (χ1v) is 8.52. The fraction of sp³-hybridized carbons (Fsp3) is 0.684. The van der Waals surface area contributed by atoms with E-state index in [0.29, 0.717) is 30.5 Å². The second kappa shape index (κ2) is 4.41. The monoisotopic (exact) mass is 300 g/mol. The van der Waals surface area contributed by atoms with Crippen LogP contribution >= 0.6 is 0 Å². The van der Waals surface area contributed by atoms with Gasteiger partial charge in [-0.05, 0) is 49.7 Å². The van der Waals surface area contributed by atoms with Crippen molar-refractivity contribution in [3.05, 3.63) is 23.8 Å². The van der Waals surface area contributed by atoms with E-state index < -0.39 is 6.10 Å². The summed E-state index contributed by atoms with van der Waals surface area (Å²) in [4.78, 5) is 24.1. The topological polar surface area (TPSA) is 54.4 Å². The summed E-state index contributed by atoms with van der Waals surface area (Å²) in [5, 5.41) is 10.9. The molecule has 4 rings (SSSR count). The van der Waals surface area contributed by atoms with Gasteiger partial charge in [-0.1, -0.05) is 25.5 Å². The molecule has 22 heavy (non-hydrogen) atoms. The highest BCUT2D eigenvalue weighted by Crippen LogP contribution is 2.63. The number of ketones is 2. The SMILES string of the molecule is C[C@]12C=CC(=O)C=C1CC[C@@H]1[C@@H]2[C@@H](O)C[C@]2(C)C(=O)CC[C@@H]12. The third-order valence-electron chi connectivity index (χ3n) is 7.21. The zero-order chi connectivity index (χ0) is 15.7. The van der Waals surface area contributed by atoms with E-state index >= 15 is 0 Å². The van der Waals surface area contributed by atoms with E-state index in [-0.39, 0.29) is 22.5 Å². The number of carbonyl (C=O) groups excluding carboxylic acids is 2. The zero-order valence-electron chi connectivity index (χ0n) is 13.3. The van der Waals surface area contributed by atoms with E-state index in [1.165, 1.54) is 5.57 Å². The molecule has 0 saturated heterocycles. The summed E-state index contributed by atoms with van der Waals surface area (Å²) >= 11 is 0. The van der Waals surface area contributed by atoms with Crippen molar-refractivity contribution in [2.24, 2.45) is 28.6 Å². The van der Waals surface area contributed by atoms with Gasteiger partial charge in [-0.15, -0.1) is 0 Å². The lowest BCUT2D eigenvalue weighted by molar-refractivity contribution is -0.142. The maximum absolute atomic E-state index is 12.4. The quantitative estimate of drug-likeness (QED) is 0.748. The molecule has 0 aromatic heterocycles. The molecule has 4 aliphatic carbocycles. The third-order valence-corrected chi connectivity index (χ3v) is 7.21. The van der Waals surface area contributed by atoms with Gasteiger partial charge < -0.3 is 5.11 Å². The van der Waals surface area contributed by atoms with E-state index in [1.54, 1.807) is 12.2 Å². The predicted octanol–water partition coefficient (Wildman–Crippen LogP) is 2.83. The van der Waals surface area contributed by atoms with Gasteiger partial charge in [0.25, 0.3) is 0 Å². The van der Waals surface area contributed by atoms with E-state index in [2.05, 4.69) is 13.8 Å². The lowest BCUT2D eigenvalue weighted by Gasteiger charge is -2.57. The molecule has 0 aliphatic heterocycles. The maximum atomic E-state index is 12.4. The van der Waals surface area contributed by atoms with E-state index in [4.69, 9.17) is 0 Å². The Morgan fingerprint density at radius 2 is 1.95 bits per heavy atom. The standard InChI is InChI=1S/C19H24O3/c1-18-8-7-12(20)9-11(18)3-4-13-14-5-6-16(22)19(14,2)10-15(21)17(13)18/h7-9,13-15,17,21H,3-6,10H2,1-2H3/t13-,14-,15-,17+,18-,19-/m0/s1. The van der Waals surface area contributed by atoms with Crippen LogP contribution in [-0.2, 0) is 9.59 Å². The number of aliphatic hydroxyl groups excluding tert-OH is 1. The number of Topliss-reactive ketones (excluding diaryl/α,β-unsaturated/α-hetero) is 1. The fourth-order valence-corrected chi connectivity index (χ4v) is 6.10. The molecule has 4 aliphatic rings. The second-order valence-corrected chi connectivity index (χ2v) is 8.17. The molecule has 0 bridgehead atoms. The lowest BCUT2D eigenvalue weighted by Crippen LogP contribution is -2.55. The minimum absolute atomic E-state index is 0.0668. The average Bonchev–Trinajstić information content (AvgIpc) is 2.75. The van der Waals surface area contributed by atoms with Gasteiger partial charge in [0.2, 0.25) is 0 Å². The van der Waals surface area contributed by atoms with Gasteiger partial charge in [-0.3, -0.25) is 9.59 Å². The average molecular weight is 300 g/mol. The van der Waals surface area contributed by atoms with Crippen molar-refractivity contribution >= 4 is 11.6 Å². The van der Waals surface area contributed by atoms with Crippen LogP contribution in [0, 0.1) is 28.6 Å². The first kappa shape index (κ1) is 14.4. The van der Waals surface area contributed by atoms with Crippen LogP contribution < -0.4 is 0 Å². The molecule has 3 fully saturated rings. The molecule has 0 radical (unpaired) electrons. The Bertz CT molecular complexity index is 616. The van der Waals surface area contributed by atoms with Crippen LogP contribution in [0.15, 0.2) is 23.8 Å². The zero-order valence-corrected chi connectivity index (χ0v) is 13.3. The van der Waals surface area contributed by atoms with Crippen LogP contribution in [0.2, 0.25) is 0 Å². The highest BCUT2D eigenvalue weighted by atomic mass is 16.3. The van der Waals surface area contributed by atoms with Gasteiger partial charge in [0.05, 0.1) is 6.10 Å². The number of carbonyl (C=O) groups is 2. The van der Waals surface area contributed by atoms with Gasteiger partial charge in [0.1, 0.15) is 5.78 Å². The highest BCUT2D eigenvalue weighted by Gasteiger charge is 2.61. The van der Waals surface area contributed by atoms with Crippen LogP contribution in [0.25, 0.3) is 0 Å². The van der Waals surface area contributed by atoms with Crippen LogP contribution in [0.4, 0.5) is 0 Å². The Balaban J connectivity index is 1.77. The predicted molar refractivity (Wildman–Crippen MR) is 83.0 cm³/mol. The Morgan fingerprint density at radius 1 is 1.18 bits per heavy atom. The van der Waals surface area contributed by atoms with Crippen molar-refractivity contribution in [1.29, 1.82) is 0 Å². The van der Waals surface area contributed by atoms with Crippen LogP contribution in [0.3, 0.4) is 0 Å². The Hall–Kier alpha value is -1.22. The van der Waals surface area contributed by atoms with Gasteiger partial charge in [0, 0.05) is 23.2 Å². The highest BCUT2D eigenvalue weighted by molar-refractivity contribution is 6.01. The molecule has 3 saturated carbocycles. The molecular weight excluding hydrogens is 276 g/mol. The number of aliphatic hydroxyl groups is 1. The number of hydrogen-bond acceptors (Lipinski definition) is 3. The van der Waals surface area contributed by atoms with E-state index in [9.17, 15) is 14.7 Å². The van der Waals surface area contributed by atoms with Crippen LogP contribution in [0.5, 0.6) is 0 Å². The van der Waals surface area contributed by atoms with Gasteiger partial charge in [-0.2, -0.15) is 0 Å². The molecule has 3 nitrogen and oxygen atoms in total. The summed E-state index contributed by atoms with van der Waals surface area (Å²) in [5.74, 6) is 1.34. The number of fused-ring (bicyclic) bond motifs is 5. The Morgan fingerprint density at radius 3 is 2.73 bits per heavy atom. The number of hydrogen-bond donors (Lipinski definition) is 1. The third kappa shape index (κ3) is 1.66. The van der Waals surface area contributed by atoms with E-state index in [1.807, 2.05) is 6.08 Å². The molecular formula is C19H24O3. The molecule has 1 N–H and O–H groups in total. The summed E-state index contributed by atoms with van der Waals surface area (Å²) in [7, 11) is 0. The summed E-state index contributed by atoms with van der Waals surface area (Å²) in [6.07, 6.45) is 9.14. The molecule has 0 aromatic carbocycles. The first-order chi connectivity index (χ1) is 10.4. The lowest BCUT2D eigenvalue weighted by atomic mass is 9.47. The minimum atomic E-state index is -0.458. The van der Waals surface area contributed by atoms with Crippen LogP contribution in [0.1, 0.15) is 46.0 Å². The molecule has 0 spiro atoms. The van der Waals surface area contributed by atoms with Crippen molar-refractivity contribution in [2.75, 3.05) is 0 Å². The van der Waals surface area contributed by atoms with Crippen molar-refractivity contribution in [3.63, 3.8) is 0 Å². The minimum Gasteiger partial charge on any atom is -0.393 e. The molecule has 3 heteroatoms. The largest absolute Gasteiger partial charge is 0.393 e. The fourth-order valence-electron chi connectivity index (χ4n) is 6.10. The van der Waals surface area contributed by atoms with Crippen molar-refractivity contribution < 1.29 is 14.7 Å². The van der Waals surface area contributed by atoms with Gasteiger partial charge >= 0.3 is 0 Å². The normalized spacial score (nSPS) is 50.2. The molecule has 0 amide bonds. The van der Waals surface area contributed by atoms with Gasteiger partial charge in [-0.25, -0.2) is 0 Å². The Labute approximate surface area is 131 Å². The second-order valence-electron chi connectivity index (χ2n) is 8.17. The van der Waals surface area contributed by atoms with Crippen molar-refractivity contribution in [3.8, 4) is 0 Å². The van der Waals surface area contributed by atoms with Crippen molar-refractivity contribution in [2.45, 2.75) is 52.1 Å². The maximum Gasteiger partial charge on any atom is 0.178 e. The summed E-state index contributed by atoms with van der Waals surface area (Å²) in [5.41, 5.74) is 0.628. The number of rotatable bonds is 0. The smallest absolute Gasteiger partial charge is 0.178 e.